The molecule has 1 atom stereocenters. The van der Waals surface area contributed by atoms with Crippen LogP contribution in [-0.4, -0.2) is 37.2 Å². The summed E-state index contributed by atoms with van der Waals surface area (Å²) in [5.74, 6) is -0.884. The molecular weight excluding hydrogens is 889 g/mol. The Morgan fingerprint density at radius 2 is 0.542 bits per heavy atom. The molecule has 0 rings (SSSR count). The Morgan fingerprint density at radius 1 is 0.292 bits per heavy atom. The normalized spacial score (nSPS) is 12.4. The number of allylic oxidation sites excluding steroid dienone is 10. The van der Waals surface area contributed by atoms with Crippen molar-refractivity contribution in [3.63, 3.8) is 0 Å². The summed E-state index contributed by atoms with van der Waals surface area (Å²) in [5, 5.41) is 0. The number of unbranched alkanes of at least 4 members (excludes halogenated alkanes) is 36. The molecule has 0 aliphatic rings. The molecule has 72 heavy (non-hydrogen) atoms. The van der Waals surface area contributed by atoms with Crippen LogP contribution in [0.1, 0.15) is 323 Å². The highest BCUT2D eigenvalue weighted by molar-refractivity contribution is 5.71. The average molecular weight is 1010 g/mol. The molecule has 418 valence electrons. The summed E-state index contributed by atoms with van der Waals surface area (Å²) in [6.07, 6.45) is 76.7. The molecule has 0 aromatic heterocycles. The average Bonchev–Trinajstić information content (AvgIpc) is 3.38. The van der Waals surface area contributed by atoms with Crippen LogP contribution in [0.15, 0.2) is 60.8 Å². The largest absolute Gasteiger partial charge is 0.462 e. The van der Waals surface area contributed by atoms with Gasteiger partial charge in [-0.2, -0.15) is 0 Å². The minimum absolute atomic E-state index is 0.0783. The Kier molecular flexibility index (Phi) is 58.2. The second kappa shape index (κ2) is 60.7. The van der Waals surface area contributed by atoms with Crippen molar-refractivity contribution in [2.24, 2.45) is 0 Å². The van der Waals surface area contributed by atoms with Crippen molar-refractivity contribution >= 4 is 17.9 Å². The van der Waals surface area contributed by atoms with E-state index in [2.05, 4.69) is 81.5 Å². The molecule has 0 aromatic carbocycles. The van der Waals surface area contributed by atoms with Crippen LogP contribution in [0.5, 0.6) is 0 Å². The molecule has 6 nitrogen and oxygen atoms in total. The van der Waals surface area contributed by atoms with E-state index in [4.69, 9.17) is 14.2 Å². The Hall–Kier alpha value is -2.89. The summed E-state index contributed by atoms with van der Waals surface area (Å²) in [6, 6.07) is 0. The zero-order valence-electron chi connectivity index (χ0n) is 47.9. The quantitative estimate of drug-likeness (QED) is 0.0261. The van der Waals surface area contributed by atoms with Gasteiger partial charge < -0.3 is 14.2 Å². The van der Waals surface area contributed by atoms with E-state index in [9.17, 15) is 14.4 Å². The molecule has 0 fully saturated rings. The van der Waals surface area contributed by atoms with Crippen molar-refractivity contribution in [2.75, 3.05) is 13.2 Å². The molecule has 6 heteroatoms. The minimum Gasteiger partial charge on any atom is -0.462 e. The van der Waals surface area contributed by atoms with Gasteiger partial charge in [0, 0.05) is 19.3 Å². The first kappa shape index (κ1) is 69.1. The minimum atomic E-state index is -0.781. The fourth-order valence-electron chi connectivity index (χ4n) is 9.12. The van der Waals surface area contributed by atoms with Gasteiger partial charge >= 0.3 is 17.9 Å². The van der Waals surface area contributed by atoms with Gasteiger partial charge in [-0.15, -0.1) is 0 Å². The van der Waals surface area contributed by atoms with Crippen LogP contribution in [0.3, 0.4) is 0 Å². The van der Waals surface area contributed by atoms with E-state index in [1.54, 1.807) is 0 Å². The van der Waals surface area contributed by atoms with Crippen molar-refractivity contribution in [2.45, 2.75) is 329 Å². The van der Waals surface area contributed by atoms with Crippen molar-refractivity contribution in [1.82, 2.24) is 0 Å². The third-order valence-electron chi connectivity index (χ3n) is 13.8. The summed E-state index contributed by atoms with van der Waals surface area (Å²) >= 11 is 0. The summed E-state index contributed by atoms with van der Waals surface area (Å²) < 4.78 is 16.9. The van der Waals surface area contributed by atoms with Crippen molar-refractivity contribution < 1.29 is 28.6 Å². The molecule has 0 amide bonds. The molecule has 0 saturated heterocycles. The molecule has 0 aliphatic carbocycles. The zero-order valence-corrected chi connectivity index (χ0v) is 47.9. The Morgan fingerprint density at radius 3 is 0.847 bits per heavy atom. The van der Waals surface area contributed by atoms with Gasteiger partial charge in [-0.1, -0.05) is 300 Å². The number of carbonyl (C=O) groups excluding carboxylic acids is 3. The molecular formula is C66H118O6. The van der Waals surface area contributed by atoms with Crippen molar-refractivity contribution in [3.05, 3.63) is 60.8 Å². The Balaban J connectivity index is 4.22. The van der Waals surface area contributed by atoms with E-state index in [0.29, 0.717) is 19.3 Å². The van der Waals surface area contributed by atoms with Gasteiger partial charge in [0.2, 0.25) is 0 Å². The molecule has 0 heterocycles. The Bertz CT molecular complexity index is 1290. The maximum absolute atomic E-state index is 12.9. The number of hydrogen-bond donors (Lipinski definition) is 0. The highest BCUT2D eigenvalue weighted by Crippen LogP contribution is 2.17. The highest BCUT2D eigenvalue weighted by Gasteiger charge is 2.19. The molecule has 0 radical (unpaired) electrons. The molecule has 0 spiro atoms. The van der Waals surface area contributed by atoms with E-state index >= 15 is 0 Å². The number of hydrogen-bond acceptors (Lipinski definition) is 6. The van der Waals surface area contributed by atoms with Crippen molar-refractivity contribution in [1.29, 1.82) is 0 Å². The number of carbonyl (C=O) groups is 3. The van der Waals surface area contributed by atoms with Crippen LogP contribution in [0.2, 0.25) is 0 Å². The van der Waals surface area contributed by atoms with Crippen LogP contribution < -0.4 is 0 Å². The lowest BCUT2D eigenvalue weighted by atomic mass is 10.0. The number of rotatable bonds is 57. The van der Waals surface area contributed by atoms with E-state index in [0.717, 1.165) is 109 Å². The SMILES string of the molecule is CC/C=C\C/C=C\C/C=C\C/C=C\C/C=C\CCCCCCCC(=O)OC(COC(=O)CCCCCCCCCCC)COC(=O)CCCCCCCCCCCCCCCCCCCCCCCCCC. The maximum atomic E-state index is 12.9. The van der Waals surface area contributed by atoms with E-state index < -0.39 is 6.10 Å². The van der Waals surface area contributed by atoms with E-state index in [-0.39, 0.29) is 31.1 Å². The molecule has 1 unspecified atom stereocenters. The number of ether oxygens (including phenoxy) is 3. The lowest BCUT2D eigenvalue weighted by Gasteiger charge is -2.18. The summed E-state index contributed by atoms with van der Waals surface area (Å²) in [6.45, 7) is 6.53. The predicted molar refractivity (Wildman–Crippen MR) is 312 cm³/mol. The van der Waals surface area contributed by atoms with E-state index in [1.807, 2.05) is 0 Å². The Labute approximate surface area is 447 Å². The first-order chi connectivity index (χ1) is 35.5. The van der Waals surface area contributed by atoms with Gasteiger partial charge in [0.15, 0.2) is 6.10 Å². The fraction of sp³-hybridized carbons (Fsp3) is 0.803. The van der Waals surface area contributed by atoms with Crippen LogP contribution in [0, 0.1) is 0 Å². The zero-order chi connectivity index (χ0) is 52.2. The lowest BCUT2D eigenvalue weighted by Crippen LogP contribution is -2.30. The third-order valence-corrected chi connectivity index (χ3v) is 13.8. The third kappa shape index (κ3) is 58.0. The smallest absolute Gasteiger partial charge is 0.306 e. The predicted octanol–water partition coefficient (Wildman–Crippen LogP) is 21.2. The molecule has 0 N–H and O–H groups in total. The molecule has 0 aliphatic heterocycles. The van der Waals surface area contributed by atoms with Crippen LogP contribution >= 0.6 is 0 Å². The maximum Gasteiger partial charge on any atom is 0.306 e. The fourth-order valence-corrected chi connectivity index (χ4v) is 9.12. The first-order valence-corrected chi connectivity index (χ1v) is 31.3. The van der Waals surface area contributed by atoms with Crippen LogP contribution in [0.4, 0.5) is 0 Å². The van der Waals surface area contributed by atoms with Gasteiger partial charge in [-0.3, -0.25) is 14.4 Å². The van der Waals surface area contributed by atoms with Gasteiger partial charge in [0.1, 0.15) is 13.2 Å². The molecule has 0 bridgehead atoms. The second-order valence-corrected chi connectivity index (χ2v) is 21.0. The van der Waals surface area contributed by atoms with Crippen LogP contribution in [0.25, 0.3) is 0 Å². The number of esters is 3. The van der Waals surface area contributed by atoms with Gasteiger partial charge in [-0.25, -0.2) is 0 Å². The molecule has 0 aromatic rings. The van der Waals surface area contributed by atoms with Crippen molar-refractivity contribution in [3.8, 4) is 0 Å². The highest BCUT2D eigenvalue weighted by atomic mass is 16.6. The van der Waals surface area contributed by atoms with Gasteiger partial charge in [0.05, 0.1) is 0 Å². The van der Waals surface area contributed by atoms with Crippen LogP contribution in [-0.2, 0) is 28.6 Å². The molecule has 0 saturated carbocycles. The second-order valence-electron chi connectivity index (χ2n) is 21.0. The standard InChI is InChI=1S/C66H118O6/c1-4-7-10-13-16-19-21-23-25-27-29-31-32-33-35-36-38-40-42-44-47-50-53-56-59-65(68)71-62-63(61-70-64(67)58-55-52-49-46-18-15-12-9-6-3)72-66(69)60-57-54-51-48-45-43-41-39-37-34-30-28-26-24-22-20-17-14-11-8-5-2/h8,11,17,20,24,26,30,34,39,41,63H,4-7,9-10,12-16,18-19,21-23,25,27-29,31-33,35-38,40,42-62H2,1-3H3/b11-8-,20-17-,26-24-,34-30-,41-39-. The summed E-state index contributed by atoms with van der Waals surface area (Å²) in [5.41, 5.74) is 0. The summed E-state index contributed by atoms with van der Waals surface area (Å²) in [7, 11) is 0. The lowest BCUT2D eigenvalue weighted by molar-refractivity contribution is -0.167. The summed E-state index contributed by atoms with van der Waals surface area (Å²) in [4.78, 5) is 38.1. The van der Waals surface area contributed by atoms with E-state index in [1.165, 1.54) is 173 Å². The monoisotopic (exact) mass is 1010 g/mol. The van der Waals surface area contributed by atoms with Gasteiger partial charge in [0.25, 0.3) is 0 Å². The topological polar surface area (TPSA) is 78.9 Å². The first-order valence-electron chi connectivity index (χ1n) is 31.3. The van der Waals surface area contributed by atoms with Gasteiger partial charge in [-0.05, 0) is 64.2 Å².